The van der Waals surface area contributed by atoms with Gasteiger partial charge >= 0.3 is 0 Å². The van der Waals surface area contributed by atoms with Gasteiger partial charge in [0.05, 0.1) is 6.04 Å². The third-order valence-corrected chi connectivity index (χ3v) is 3.39. The second kappa shape index (κ2) is 5.95. The lowest BCUT2D eigenvalue weighted by Gasteiger charge is -2.40. The molecule has 1 aliphatic rings. The molecule has 0 bridgehead atoms. The monoisotopic (exact) mass is 213 g/mol. The Morgan fingerprint density at radius 3 is 2.80 bits per heavy atom. The minimum atomic E-state index is 0.111. The molecule has 2 unspecified atom stereocenters. The Hall–Kier alpha value is -0.770. The van der Waals surface area contributed by atoms with Crippen molar-refractivity contribution >= 4 is 5.84 Å². The van der Waals surface area contributed by atoms with Crippen molar-refractivity contribution < 1.29 is 5.21 Å². The molecule has 0 radical (unpaired) electrons. The van der Waals surface area contributed by atoms with Gasteiger partial charge in [0.25, 0.3) is 0 Å². The van der Waals surface area contributed by atoms with Crippen LogP contribution in [-0.2, 0) is 0 Å². The smallest absolute Gasteiger partial charge is 0.156 e. The average Bonchev–Trinajstić information content (AvgIpc) is 2.30. The van der Waals surface area contributed by atoms with Crippen LogP contribution in [-0.4, -0.2) is 34.6 Å². The van der Waals surface area contributed by atoms with Gasteiger partial charge in [-0.15, -0.1) is 0 Å². The van der Waals surface area contributed by atoms with Gasteiger partial charge in [0.15, 0.2) is 5.84 Å². The van der Waals surface area contributed by atoms with E-state index in [0.29, 0.717) is 11.9 Å². The van der Waals surface area contributed by atoms with Crippen molar-refractivity contribution in [3.8, 4) is 0 Å². The Kier molecular flexibility index (Phi) is 4.88. The summed E-state index contributed by atoms with van der Waals surface area (Å²) < 4.78 is 0. The third-order valence-electron chi connectivity index (χ3n) is 3.39. The van der Waals surface area contributed by atoms with Gasteiger partial charge in [-0.3, -0.25) is 4.90 Å². The molecular formula is C11H23N3O. The fourth-order valence-electron chi connectivity index (χ4n) is 2.55. The number of amidine groups is 1. The number of hydrogen-bond donors (Lipinski definition) is 2. The molecule has 1 aliphatic heterocycles. The molecule has 1 saturated heterocycles. The van der Waals surface area contributed by atoms with Crippen LogP contribution in [0.3, 0.4) is 0 Å². The van der Waals surface area contributed by atoms with Crippen LogP contribution in [0.1, 0.15) is 46.0 Å². The summed E-state index contributed by atoms with van der Waals surface area (Å²) in [6.45, 7) is 5.37. The van der Waals surface area contributed by atoms with Gasteiger partial charge in [0.2, 0.25) is 0 Å². The standard InChI is InChI=1S/C11H23N3O/c1-3-9-7-5-6-8-14(9)10(4-2)11(12)13-15/h9-10,15H,3-8H2,1-2H3,(H2,12,13). The van der Waals surface area contributed by atoms with E-state index < -0.39 is 0 Å². The summed E-state index contributed by atoms with van der Waals surface area (Å²) in [6, 6.07) is 0.712. The zero-order chi connectivity index (χ0) is 11.3. The number of likely N-dealkylation sites (tertiary alicyclic amines) is 1. The summed E-state index contributed by atoms with van der Waals surface area (Å²) in [5.41, 5.74) is 5.73. The van der Waals surface area contributed by atoms with Crippen LogP contribution in [0.15, 0.2) is 5.16 Å². The highest BCUT2D eigenvalue weighted by atomic mass is 16.4. The SMILES string of the molecule is CCC1CCCCN1C(CC)C(N)=NO. The molecule has 0 amide bonds. The molecule has 1 fully saturated rings. The molecule has 1 heterocycles. The topological polar surface area (TPSA) is 61.8 Å². The summed E-state index contributed by atoms with van der Waals surface area (Å²) in [5, 5.41) is 11.9. The maximum absolute atomic E-state index is 8.76. The van der Waals surface area contributed by atoms with Crippen LogP contribution >= 0.6 is 0 Å². The van der Waals surface area contributed by atoms with Gasteiger partial charge < -0.3 is 10.9 Å². The molecule has 1 rings (SSSR count). The number of nitrogens with two attached hydrogens (primary N) is 1. The largest absolute Gasteiger partial charge is 0.409 e. The second-order valence-electron chi connectivity index (χ2n) is 4.24. The minimum Gasteiger partial charge on any atom is -0.409 e. The van der Waals surface area contributed by atoms with Gasteiger partial charge in [0, 0.05) is 6.04 Å². The van der Waals surface area contributed by atoms with Crippen molar-refractivity contribution in [3.05, 3.63) is 0 Å². The molecule has 4 nitrogen and oxygen atoms in total. The minimum absolute atomic E-state index is 0.111. The quantitative estimate of drug-likeness (QED) is 0.324. The summed E-state index contributed by atoms with van der Waals surface area (Å²) >= 11 is 0. The van der Waals surface area contributed by atoms with Gasteiger partial charge in [-0.25, -0.2) is 0 Å². The predicted octanol–water partition coefficient (Wildman–Crippen LogP) is 1.78. The van der Waals surface area contributed by atoms with Crippen LogP contribution in [0.5, 0.6) is 0 Å². The first-order valence-electron chi connectivity index (χ1n) is 5.97. The van der Waals surface area contributed by atoms with Crippen LogP contribution in [0.4, 0.5) is 0 Å². The van der Waals surface area contributed by atoms with Crippen LogP contribution in [0, 0.1) is 0 Å². The summed E-state index contributed by atoms with van der Waals surface area (Å²) in [6.07, 6.45) is 5.83. The predicted molar refractivity (Wildman–Crippen MR) is 62.1 cm³/mol. The number of hydrogen-bond acceptors (Lipinski definition) is 3. The first-order valence-corrected chi connectivity index (χ1v) is 5.97. The van der Waals surface area contributed by atoms with Gasteiger partial charge in [-0.05, 0) is 32.2 Å². The van der Waals surface area contributed by atoms with Crippen LogP contribution in [0.25, 0.3) is 0 Å². The number of rotatable bonds is 4. The Balaban J connectivity index is 2.72. The van der Waals surface area contributed by atoms with Crippen molar-refractivity contribution in [1.29, 1.82) is 0 Å². The highest BCUT2D eigenvalue weighted by Gasteiger charge is 2.28. The maximum Gasteiger partial charge on any atom is 0.156 e. The molecule has 0 spiro atoms. The van der Waals surface area contributed by atoms with Crippen molar-refractivity contribution in [1.82, 2.24) is 4.90 Å². The number of piperidine rings is 1. The lowest BCUT2D eigenvalue weighted by atomic mass is 9.96. The average molecular weight is 213 g/mol. The lowest BCUT2D eigenvalue weighted by molar-refractivity contribution is 0.117. The molecule has 15 heavy (non-hydrogen) atoms. The molecule has 4 heteroatoms. The van der Waals surface area contributed by atoms with Crippen molar-refractivity contribution in [3.63, 3.8) is 0 Å². The van der Waals surface area contributed by atoms with E-state index in [0.717, 1.165) is 19.4 Å². The molecule has 2 atom stereocenters. The summed E-state index contributed by atoms with van der Waals surface area (Å²) in [4.78, 5) is 2.40. The van der Waals surface area contributed by atoms with Crippen molar-refractivity contribution in [2.75, 3.05) is 6.54 Å². The molecular weight excluding hydrogens is 190 g/mol. The molecule has 0 aliphatic carbocycles. The fraction of sp³-hybridized carbons (Fsp3) is 0.909. The van der Waals surface area contributed by atoms with E-state index in [1.54, 1.807) is 0 Å². The van der Waals surface area contributed by atoms with E-state index in [1.807, 2.05) is 0 Å². The van der Waals surface area contributed by atoms with Gasteiger partial charge in [-0.2, -0.15) is 0 Å². The molecule has 0 saturated carbocycles. The normalized spacial score (nSPS) is 26.5. The molecule has 0 aromatic heterocycles. The van der Waals surface area contributed by atoms with Crippen LogP contribution in [0.2, 0.25) is 0 Å². The van der Waals surface area contributed by atoms with E-state index in [-0.39, 0.29) is 6.04 Å². The Morgan fingerprint density at radius 1 is 1.53 bits per heavy atom. The van der Waals surface area contributed by atoms with E-state index >= 15 is 0 Å². The Morgan fingerprint density at radius 2 is 2.27 bits per heavy atom. The highest BCUT2D eigenvalue weighted by Crippen LogP contribution is 2.23. The zero-order valence-corrected chi connectivity index (χ0v) is 9.82. The van der Waals surface area contributed by atoms with Gasteiger partial charge in [0.1, 0.15) is 0 Å². The fourth-order valence-corrected chi connectivity index (χ4v) is 2.55. The van der Waals surface area contributed by atoms with E-state index in [9.17, 15) is 0 Å². The Labute approximate surface area is 92.1 Å². The summed E-state index contributed by atoms with van der Waals surface area (Å²) in [5.74, 6) is 0.359. The van der Waals surface area contributed by atoms with Crippen molar-refractivity contribution in [2.24, 2.45) is 10.9 Å². The van der Waals surface area contributed by atoms with Gasteiger partial charge in [-0.1, -0.05) is 25.4 Å². The van der Waals surface area contributed by atoms with Crippen molar-refractivity contribution in [2.45, 2.75) is 58.0 Å². The third kappa shape index (κ3) is 2.84. The zero-order valence-electron chi connectivity index (χ0n) is 9.82. The highest BCUT2D eigenvalue weighted by molar-refractivity contribution is 5.85. The Bertz CT molecular complexity index is 218. The first kappa shape index (κ1) is 12.3. The molecule has 88 valence electrons. The second-order valence-corrected chi connectivity index (χ2v) is 4.24. The number of oxime groups is 1. The van der Waals surface area contributed by atoms with E-state index in [1.165, 1.54) is 19.3 Å². The molecule has 3 N–H and O–H groups in total. The van der Waals surface area contributed by atoms with E-state index in [4.69, 9.17) is 10.9 Å². The maximum atomic E-state index is 8.76. The lowest BCUT2D eigenvalue weighted by Crippen LogP contribution is -2.51. The first-order chi connectivity index (χ1) is 7.24. The molecule has 0 aromatic carbocycles. The van der Waals surface area contributed by atoms with E-state index in [2.05, 4.69) is 23.9 Å². The number of nitrogens with zero attached hydrogens (tertiary/aromatic N) is 2. The summed E-state index contributed by atoms with van der Waals surface area (Å²) in [7, 11) is 0. The van der Waals surface area contributed by atoms with Crippen LogP contribution < -0.4 is 5.73 Å². The molecule has 0 aromatic rings.